The maximum atomic E-state index is 4.38. The van der Waals surface area contributed by atoms with E-state index < -0.39 is 0 Å². The zero-order valence-electron chi connectivity index (χ0n) is 11.3. The fraction of sp³-hybridized carbons (Fsp3) is 0.462. The normalized spacial score (nSPS) is 15.8. The molecule has 1 saturated heterocycles. The summed E-state index contributed by atoms with van der Waals surface area (Å²) in [5.41, 5.74) is 0. The average Bonchev–Trinajstić information content (AvgIpc) is 2.82. The lowest BCUT2D eigenvalue weighted by Gasteiger charge is -2.21. The molecule has 5 nitrogen and oxygen atoms in total. The Morgan fingerprint density at radius 3 is 2.60 bits per heavy atom. The van der Waals surface area contributed by atoms with E-state index in [1.165, 1.54) is 0 Å². The van der Waals surface area contributed by atoms with Gasteiger partial charge in [0.25, 0.3) is 0 Å². The zero-order chi connectivity index (χ0) is 13.1. The number of pyridine rings is 1. The molecule has 0 bridgehead atoms. The molecule has 1 aliphatic rings. The van der Waals surface area contributed by atoms with Gasteiger partial charge in [-0.15, -0.1) is 22.6 Å². The second-order valence-corrected chi connectivity index (χ2v) is 5.75. The highest BCUT2D eigenvalue weighted by Gasteiger charge is 2.21. The monoisotopic (exact) mass is 311 g/mol. The SMILES string of the molecule is Cl.Cn1c(Sc2ccncc2)nnc1C1CCNCC1. The molecule has 3 rings (SSSR count). The summed E-state index contributed by atoms with van der Waals surface area (Å²) in [4.78, 5) is 5.17. The maximum Gasteiger partial charge on any atom is 0.195 e. The highest BCUT2D eigenvalue weighted by Crippen LogP contribution is 2.29. The standard InChI is InChI=1S/C13H17N5S.ClH/c1-18-12(10-2-6-14-7-3-10)16-17-13(18)19-11-4-8-15-9-5-11;/h4-5,8-10,14H,2-3,6-7H2,1H3;1H. The first kappa shape index (κ1) is 15.3. The highest BCUT2D eigenvalue weighted by molar-refractivity contribution is 7.99. The highest BCUT2D eigenvalue weighted by atomic mass is 35.5. The van der Waals surface area contributed by atoms with Crippen molar-refractivity contribution >= 4 is 24.2 Å². The van der Waals surface area contributed by atoms with Crippen molar-refractivity contribution in [3.05, 3.63) is 30.4 Å². The molecule has 2 aromatic rings. The molecule has 1 aliphatic heterocycles. The van der Waals surface area contributed by atoms with Crippen LogP contribution in [0.2, 0.25) is 0 Å². The molecule has 0 saturated carbocycles. The zero-order valence-corrected chi connectivity index (χ0v) is 13.0. The van der Waals surface area contributed by atoms with E-state index in [1.54, 1.807) is 24.2 Å². The summed E-state index contributed by atoms with van der Waals surface area (Å²) in [6, 6.07) is 3.98. The molecular weight excluding hydrogens is 294 g/mol. The molecule has 0 spiro atoms. The van der Waals surface area contributed by atoms with Gasteiger partial charge in [-0.1, -0.05) is 0 Å². The van der Waals surface area contributed by atoms with Crippen molar-refractivity contribution in [3.8, 4) is 0 Å². The van der Waals surface area contributed by atoms with Crippen LogP contribution in [0.15, 0.2) is 34.6 Å². The Morgan fingerprint density at radius 2 is 1.90 bits per heavy atom. The number of nitrogens with zero attached hydrogens (tertiary/aromatic N) is 4. The third kappa shape index (κ3) is 3.31. The van der Waals surface area contributed by atoms with Crippen LogP contribution in [0.4, 0.5) is 0 Å². The topological polar surface area (TPSA) is 55.6 Å². The van der Waals surface area contributed by atoms with Crippen molar-refractivity contribution in [3.63, 3.8) is 0 Å². The van der Waals surface area contributed by atoms with E-state index in [4.69, 9.17) is 0 Å². The van der Waals surface area contributed by atoms with Crippen LogP contribution < -0.4 is 5.32 Å². The molecule has 0 atom stereocenters. The molecule has 1 fully saturated rings. The Bertz CT molecular complexity index is 539. The Hall–Kier alpha value is -1.11. The Labute approximate surface area is 129 Å². The van der Waals surface area contributed by atoms with E-state index >= 15 is 0 Å². The van der Waals surface area contributed by atoms with Crippen LogP contribution >= 0.6 is 24.2 Å². The summed E-state index contributed by atoms with van der Waals surface area (Å²) in [5, 5.41) is 13.0. The Morgan fingerprint density at radius 1 is 1.20 bits per heavy atom. The van der Waals surface area contributed by atoms with Crippen molar-refractivity contribution in [2.45, 2.75) is 28.8 Å². The minimum absolute atomic E-state index is 0. The first-order chi connectivity index (χ1) is 9.34. The molecule has 3 heterocycles. The van der Waals surface area contributed by atoms with Crippen molar-refractivity contribution in [1.82, 2.24) is 25.1 Å². The van der Waals surface area contributed by atoms with Crippen LogP contribution in [-0.2, 0) is 7.05 Å². The Kier molecular flexibility index (Phi) is 5.39. The summed E-state index contributed by atoms with van der Waals surface area (Å²) in [7, 11) is 2.06. The average molecular weight is 312 g/mol. The number of piperidine rings is 1. The van der Waals surface area contributed by atoms with Gasteiger partial charge in [0.05, 0.1) is 0 Å². The number of hydrogen-bond acceptors (Lipinski definition) is 5. The molecule has 108 valence electrons. The molecule has 20 heavy (non-hydrogen) atoms. The minimum atomic E-state index is 0. The Balaban J connectivity index is 0.00000147. The summed E-state index contributed by atoms with van der Waals surface area (Å²) in [6.07, 6.45) is 5.89. The van der Waals surface area contributed by atoms with E-state index in [-0.39, 0.29) is 12.4 Å². The van der Waals surface area contributed by atoms with Gasteiger partial charge in [-0.05, 0) is 49.8 Å². The second-order valence-electron chi connectivity index (χ2n) is 4.71. The number of hydrogen-bond donors (Lipinski definition) is 1. The molecule has 2 aromatic heterocycles. The molecule has 0 unspecified atom stereocenters. The number of rotatable bonds is 3. The van der Waals surface area contributed by atoms with E-state index in [2.05, 4.69) is 32.1 Å². The van der Waals surface area contributed by atoms with Crippen molar-refractivity contribution in [2.75, 3.05) is 13.1 Å². The third-order valence-electron chi connectivity index (χ3n) is 3.43. The summed E-state index contributed by atoms with van der Waals surface area (Å²) in [5.74, 6) is 1.64. The molecule has 7 heteroatoms. The van der Waals surface area contributed by atoms with Crippen molar-refractivity contribution in [1.29, 1.82) is 0 Å². The molecule has 0 amide bonds. The van der Waals surface area contributed by atoms with Crippen molar-refractivity contribution < 1.29 is 0 Å². The summed E-state index contributed by atoms with van der Waals surface area (Å²) >= 11 is 1.63. The third-order valence-corrected chi connectivity index (χ3v) is 4.48. The predicted molar refractivity (Wildman–Crippen MR) is 81.5 cm³/mol. The number of nitrogens with one attached hydrogen (secondary N) is 1. The van der Waals surface area contributed by atoms with Crippen LogP contribution in [-0.4, -0.2) is 32.8 Å². The fourth-order valence-electron chi connectivity index (χ4n) is 2.36. The molecule has 0 radical (unpaired) electrons. The van der Waals surface area contributed by atoms with Gasteiger partial charge in [-0.2, -0.15) is 0 Å². The summed E-state index contributed by atoms with van der Waals surface area (Å²) < 4.78 is 2.13. The molecule has 0 aromatic carbocycles. The lowest BCUT2D eigenvalue weighted by molar-refractivity contribution is 0.434. The number of halogens is 1. The minimum Gasteiger partial charge on any atom is -0.317 e. The van der Waals surface area contributed by atoms with E-state index in [1.807, 2.05) is 12.1 Å². The van der Waals surface area contributed by atoms with Gasteiger partial charge in [0.1, 0.15) is 5.82 Å². The van der Waals surface area contributed by atoms with Gasteiger partial charge in [-0.3, -0.25) is 4.98 Å². The number of aromatic nitrogens is 4. The largest absolute Gasteiger partial charge is 0.317 e. The van der Waals surface area contributed by atoms with E-state index in [0.29, 0.717) is 5.92 Å². The summed E-state index contributed by atoms with van der Waals surface area (Å²) in [6.45, 7) is 2.15. The molecule has 0 aliphatic carbocycles. The first-order valence-electron chi connectivity index (χ1n) is 6.52. The van der Waals surface area contributed by atoms with E-state index in [9.17, 15) is 0 Å². The maximum absolute atomic E-state index is 4.38. The quantitative estimate of drug-likeness (QED) is 0.942. The van der Waals surface area contributed by atoms with Gasteiger partial charge in [0.15, 0.2) is 5.16 Å². The second kappa shape index (κ2) is 7.06. The molecule has 1 N–H and O–H groups in total. The van der Waals surface area contributed by atoms with Crippen LogP contribution in [0.1, 0.15) is 24.6 Å². The van der Waals surface area contributed by atoms with Crippen LogP contribution in [0, 0.1) is 0 Å². The van der Waals surface area contributed by atoms with Crippen molar-refractivity contribution in [2.24, 2.45) is 7.05 Å². The smallest absolute Gasteiger partial charge is 0.195 e. The van der Waals surface area contributed by atoms with Crippen LogP contribution in [0.3, 0.4) is 0 Å². The van der Waals surface area contributed by atoms with Gasteiger partial charge < -0.3 is 9.88 Å². The van der Waals surface area contributed by atoms with E-state index in [0.717, 1.165) is 41.8 Å². The predicted octanol–water partition coefficient (Wildman–Crippen LogP) is 2.25. The lowest BCUT2D eigenvalue weighted by atomic mass is 9.97. The van der Waals surface area contributed by atoms with Gasteiger partial charge in [-0.25, -0.2) is 0 Å². The lowest BCUT2D eigenvalue weighted by Crippen LogP contribution is -2.27. The van der Waals surface area contributed by atoms with Crippen LogP contribution in [0.25, 0.3) is 0 Å². The van der Waals surface area contributed by atoms with Gasteiger partial charge in [0, 0.05) is 30.3 Å². The van der Waals surface area contributed by atoms with Gasteiger partial charge >= 0.3 is 0 Å². The van der Waals surface area contributed by atoms with Crippen LogP contribution in [0.5, 0.6) is 0 Å². The van der Waals surface area contributed by atoms with Gasteiger partial charge in [0.2, 0.25) is 0 Å². The first-order valence-corrected chi connectivity index (χ1v) is 7.34. The fourth-order valence-corrected chi connectivity index (χ4v) is 3.14. The molecular formula is C13H18ClN5S.